The predicted molar refractivity (Wildman–Crippen MR) is 101 cm³/mol. The molecule has 0 fully saturated rings. The molecule has 0 atom stereocenters. The van der Waals surface area contributed by atoms with E-state index in [2.05, 4.69) is 4.99 Å². The van der Waals surface area contributed by atoms with Crippen LogP contribution in [0.15, 0.2) is 75.8 Å². The van der Waals surface area contributed by atoms with E-state index in [1.54, 1.807) is 30.3 Å². The highest BCUT2D eigenvalue weighted by atomic mass is 35.5. The zero-order valence-corrected chi connectivity index (χ0v) is 14.8. The van der Waals surface area contributed by atoms with Gasteiger partial charge in [0.2, 0.25) is 5.90 Å². The number of esters is 1. The molecule has 0 bridgehead atoms. The summed E-state index contributed by atoms with van der Waals surface area (Å²) in [6, 6.07) is 17.8. The second kappa shape index (κ2) is 6.83. The van der Waals surface area contributed by atoms with Gasteiger partial charge in [-0.05, 0) is 42.5 Å². The summed E-state index contributed by atoms with van der Waals surface area (Å²) in [5.41, 5.74) is 1.57. The maximum atomic E-state index is 12.1. The fraction of sp³-hybridized carbons (Fsp3) is 0. The minimum absolute atomic E-state index is 0.168. The van der Waals surface area contributed by atoms with E-state index in [1.807, 2.05) is 30.3 Å². The fourth-order valence-electron chi connectivity index (χ4n) is 2.51. The van der Waals surface area contributed by atoms with E-state index >= 15 is 0 Å². The second-order valence-corrected chi connectivity index (χ2v) is 6.37. The molecule has 0 amide bonds. The van der Waals surface area contributed by atoms with E-state index in [9.17, 15) is 4.79 Å². The first-order valence-corrected chi connectivity index (χ1v) is 8.49. The average molecular weight is 384 g/mol. The molecule has 3 aromatic rings. The van der Waals surface area contributed by atoms with Crippen molar-refractivity contribution in [2.24, 2.45) is 4.99 Å². The van der Waals surface area contributed by atoms with Crippen molar-refractivity contribution in [1.82, 2.24) is 0 Å². The zero-order chi connectivity index (χ0) is 18.1. The molecule has 0 N–H and O–H groups in total. The quantitative estimate of drug-likeness (QED) is 0.436. The fourth-order valence-corrected chi connectivity index (χ4v) is 2.89. The third-order valence-electron chi connectivity index (χ3n) is 3.74. The van der Waals surface area contributed by atoms with Gasteiger partial charge in [0, 0.05) is 22.2 Å². The lowest BCUT2D eigenvalue weighted by molar-refractivity contribution is -0.129. The molecule has 4 rings (SSSR count). The third kappa shape index (κ3) is 3.29. The van der Waals surface area contributed by atoms with Crippen molar-refractivity contribution in [1.29, 1.82) is 0 Å². The topological polar surface area (TPSA) is 51.8 Å². The highest BCUT2D eigenvalue weighted by molar-refractivity contribution is 6.35. The second-order valence-electron chi connectivity index (χ2n) is 5.53. The van der Waals surface area contributed by atoms with Gasteiger partial charge in [-0.1, -0.05) is 41.4 Å². The van der Waals surface area contributed by atoms with E-state index in [-0.39, 0.29) is 11.6 Å². The Labute approximate surface area is 159 Å². The summed E-state index contributed by atoms with van der Waals surface area (Å²) < 4.78 is 11.0. The van der Waals surface area contributed by atoms with E-state index < -0.39 is 5.97 Å². The number of benzene rings is 2. The van der Waals surface area contributed by atoms with E-state index in [4.69, 9.17) is 32.4 Å². The molecule has 1 aliphatic rings. The van der Waals surface area contributed by atoms with Crippen LogP contribution in [0.4, 0.5) is 0 Å². The Morgan fingerprint density at radius 2 is 1.77 bits per heavy atom. The summed E-state index contributed by atoms with van der Waals surface area (Å²) in [5, 5.41) is 1.07. The number of carbonyl (C=O) groups excluding carboxylic acids is 1. The van der Waals surface area contributed by atoms with Crippen LogP contribution in [0.25, 0.3) is 17.4 Å². The monoisotopic (exact) mass is 383 g/mol. The Hall–Kier alpha value is -2.82. The summed E-state index contributed by atoms with van der Waals surface area (Å²) in [4.78, 5) is 16.3. The van der Waals surface area contributed by atoms with Gasteiger partial charge in [-0.3, -0.25) is 0 Å². The third-order valence-corrected chi connectivity index (χ3v) is 4.31. The van der Waals surface area contributed by atoms with Gasteiger partial charge in [0.15, 0.2) is 5.70 Å². The number of ether oxygens (including phenoxy) is 1. The molecule has 6 heteroatoms. The molecule has 0 spiro atoms. The molecule has 0 saturated heterocycles. The number of nitrogens with zero attached hydrogens (tertiary/aromatic N) is 1. The van der Waals surface area contributed by atoms with Gasteiger partial charge in [0.25, 0.3) is 0 Å². The largest absolute Gasteiger partial charge is 0.457 e. The molecule has 4 nitrogen and oxygen atoms in total. The smallest absolute Gasteiger partial charge is 0.363 e. The standard InChI is InChI=1S/C20H11Cl2NO3/c21-13-6-8-16(22)15(10-13)18-9-7-14(25-18)11-17-20(24)26-19(23-17)12-4-2-1-3-5-12/h1-11H. The Morgan fingerprint density at radius 1 is 0.962 bits per heavy atom. The maximum Gasteiger partial charge on any atom is 0.363 e. The van der Waals surface area contributed by atoms with Gasteiger partial charge in [0.1, 0.15) is 11.5 Å². The molecule has 1 aromatic heterocycles. The van der Waals surface area contributed by atoms with Crippen LogP contribution in [0.2, 0.25) is 10.0 Å². The van der Waals surface area contributed by atoms with Gasteiger partial charge < -0.3 is 9.15 Å². The number of carbonyl (C=O) groups is 1. The van der Waals surface area contributed by atoms with E-state index in [1.165, 1.54) is 6.08 Å². The lowest BCUT2D eigenvalue weighted by atomic mass is 10.2. The van der Waals surface area contributed by atoms with Crippen LogP contribution in [-0.4, -0.2) is 11.9 Å². The minimum atomic E-state index is -0.525. The number of aliphatic imine (C=N–C) groups is 1. The Bertz CT molecular complexity index is 1050. The van der Waals surface area contributed by atoms with Crippen molar-refractivity contribution in [2.75, 3.05) is 0 Å². The SMILES string of the molecule is O=C1OC(c2ccccc2)=NC1=Cc1ccc(-c2cc(Cl)ccc2Cl)o1. The molecule has 0 aliphatic carbocycles. The minimum Gasteiger partial charge on any atom is -0.457 e. The van der Waals surface area contributed by atoms with Crippen LogP contribution >= 0.6 is 23.2 Å². The van der Waals surface area contributed by atoms with Crippen LogP contribution in [-0.2, 0) is 9.53 Å². The number of rotatable bonds is 3. The first-order valence-electron chi connectivity index (χ1n) is 7.73. The Balaban J connectivity index is 1.65. The number of furan rings is 1. The lowest BCUT2D eigenvalue weighted by Gasteiger charge is -2.01. The lowest BCUT2D eigenvalue weighted by Crippen LogP contribution is -2.04. The molecule has 0 saturated carbocycles. The summed E-state index contributed by atoms with van der Waals surface area (Å²) in [5.74, 6) is 0.748. The molecule has 0 radical (unpaired) electrons. The summed E-state index contributed by atoms with van der Waals surface area (Å²) >= 11 is 12.2. The summed E-state index contributed by atoms with van der Waals surface area (Å²) in [7, 11) is 0. The average Bonchev–Trinajstić information content (AvgIpc) is 3.25. The van der Waals surface area contributed by atoms with E-state index in [0.717, 1.165) is 5.56 Å². The molecule has 2 heterocycles. The van der Waals surface area contributed by atoms with Crippen molar-refractivity contribution < 1.29 is 13.9 Å². The summed E-state index contributed by atoms with van der Waals surface area (Å²) in [6.45, 7) is 0. The molecule has 0 unspecified atom stereocenters. The Morgan fingerprint density at radius 3 is 2.58 bits per heavy atom. The molecule has 1 aliphatic heterocycles. The van der Waals surface area contributed by atoms with Gasteiger partial charge in [-0.25, -0.2) is 9.79 Å². The van der Waals surface area contributed by atoms with Gasteiger partial charge in [0.05, 0.1) is 5.02 Å². The number of halogens is 2. The van der Waals surface area contributed by atoms with Crippen molar-refractivity contribution in [3.63, 3.8) is 0 Å². The number of hydrogen-bond acceptors (Lipinski definition) is 4. The number of cyclic esters (lactones) is 1. The predicted octanol–water partition coefficient (Wildman–Crippen LogP) is 5.60. The molecular weight excluding hydrogens is 373 g/mol. The van der Waals surface area contributed by atoms with Crippen LogP contribution in [0.1, 0.15) is 11.3 Å². The van der Waals surface area contributed by atoms with Gasteiger partial charge in [-0.15, -0.1) is 0 Å². The van der Waals surface area contributed by atoms with Crippen molar-refractivity contribution in [3.8, 4) is 11.3 Å². The molecule has 26 heavy (non-hydrogen) atoms. The first-order chi connectivity index (χ1) is 12.6. The summed E-state index contributed by atoms with van der Waals surface area (Å²) in [6.07, 6.45) is 1.53. The van der Waals surface area contributed by atoms with Crippen LogP contribution in [0.3, 0.4) is 0 Å². The zero-order valence-electron chi connectivity index (χ0n) is 13.3. The van der Waals surface area contributed by atoms with Crippen LogP contribution < -0.4 is 0 Å². The Kier molecular flexibility index (Phi) is 4.37. The van der Waals surface area contributed by atoms with Crippen molar-refractivity contribution >= 4 is 41.1 Å². The molecule has 2 aromatic carbocycles. The normalized spacial score (nSPS) is 15.2. The molecular formula is C20H11Cl2NO3. The van der Waals surface area contributed by atoms with Crippen LogP contribution in [0, 0.1) is 0 Å². The van der Waals surface area contributed by atoms with Crippen molar-refractivity contribution in [3.05, 3.63) is 87.7 Å². The van der Waals surface area contributed by atoms with Gasteiger partial charge in [-0.2, -0.15) is 0 Å². The van der Waals surface area contributed by atoms with Gasteiger partial charge >= 0.3 is 5.97 Å². The van der Waals surface area contributed by atoms with Crippen LogP contribution in [0.5, 0.6) is 0 Å². The van der Waals surface area contributed by atoms with Crippen molar-refractivity contribution in [2.45, 2.75) is 0 Å². The highest BCUT2D eigenvalue weighted by Crippen LogP contribution is 2.32. The number of hydrogen-bond donors (Lipinski definition) is 0. The molecule has 128 valence electrons. The first kappa shape index (κ1) is 16.6. The van der Waals surface area contributed by atoms with E-state index in [0.29, 0.717) is 27.1 Å². The maximum absolute atomic E-state index is 12.1. The highest BCUT2D eigenvalue weighted by Gasteiger charge is 2.24.